The number of carbonyl (C=O) groups excluding carboxylic acids is 1. The minimum absolute atomic E-state index is 0.170. The molecule has 1 aliphatic carbocycles. The van der Waals surface area contributed by atoms with Gasteiger partial charge in [-0.3, -0.25) is 4.79 Å². The van der Waals surface area contributed by atoms with Crippen LogP contribution in [0.3, 0.4) is 0 Å². The fraction of sp³-hybridized carbons (Fsp3) is 0.533. The molecule has 0 aliphatic heterocycles. The molecule has 1 aromatic rings. The zero-order valence-corrected chi connectivity index (χ0v) is 11.7. The molecule has 0 saturated heterocycles. The summed E-state index contributed by atoms with van der Waals surface area (Å²) in [6.45, 7) is 4.27. The first-order valence-corrected chi connectivity index (χ1v) is 6.99. The quantitative estimate of drug-likeness (QED) is 0.863. The van der Waals surface area contributed by atoms with E-state index in [2.05, 4.69) is 19.2 Å². The molecule has 0 radical (unpaired) electrons. The summed E-state index contributed by atoms with van der Waals surface area (Å²) in [7, 11) is 0. The Bertz CT molecular complexity index is 430. The van der Waals surface area contributed by atoms with Crippen LogP contribution in [0, 0.1) is 5.92 Å². The van der Waals surface area contributed by atoms with Crippen LogP contribution in [0.4, 0.5) is 0 Å². The highest BCUT2D eigenvalue weighted by Crippen LogP contribution is 2.43. The summed E-state index contributed by atoms with van der Waals surface area (Å²) >= 11 is 6.15. The maximum absolute atomic E-state index is 11.7. The normalized spacial score (nSPS) is 22.0. The van der Waals surface area contributed by atoms with Crippen molar-refractivity contribution in [3.05, 3.63) is 34.9 Å². The smallest absolute Gasteiger partial charge is 0.220 e. The van der Waals surface area contributed by atoms with E-state index >= 15 is 0 Å². The third-order valence-corrected chi connectivity index (χ3v) is 3.73. The Morgan fingerprint density at radius 1 is 1.44 bits per heavy atom. The van der Waals surface area contributed by atoms with Crippen molar-refractivity contribution in [1.82, 2.24) is 5.32 Å². The first-order chi connectivity index (χ1) is 8.58. The Balaban J connectivity index is 1.82. The molecule has 0 spiro atoms. The molecule has 98 valence electrons. The van der Waals surface area contributed by atoms with Gasteiger partial charge in [-0.25, -0.2) is 0 Å². The van der Waals surface area contributed by atoms with Crippen molar-refractivity contribution in [1.29, 1.82) is 0 Å². The van der Waals surface area contributed by atoms with Gasteiger partial charge in [0, 0.05) is 23.4 Å². The minimum Gasteiger partial charge on any atom is -0.353 e. The molecular formula is C15H20ClNO. The first kappa shape index (κ1) is 13.4. The van der Waals surface area contributed by atoms with E-state index in [0.717, 1.165) is 23.4 Å². The van der Waals surface area contributed by atoms with Crippen LogP contribution in [-0.4, -0.2) is 11.9 Å². The van der Waals surface area contributed by atoms with E-state index in [1.54, 1.807) is 0 Å². The van der Waals surface area contributed by atoms with Gasteiger partial charge < -0.3 is 5.32 Å². The summed E-state index contributed by atoms with van der Waals surface area (Å²) in [6.07, 6.45) is 2.59. The van der Waals surface area contributed by atoms with Gasteiger partial charge in [-0.2, -0.15) is 0 Å². The molecule has 0 unspecified atom stereocenters. The Morgan fingerprint density at radius 2 is 2.17 bits per heavy atom. The third-order valence-electron chi connectivity index (χ3n) is 3.39. The van der Waals surface area contributed by atoms with Crippen LogP contribution >= 0.6 is 11.6 Å². The lowest BCUT2D eigenvalue weighted by Gasteiger charge is -2.07. The fourth-order valence-electron chi connectivity index (χ4n) is 2.17. The Hall–Kier alpha value is -1.02. The Labute approximate surface area is 114 Å². The van der Waals surface area contributed by atoms with Gasteiger partial charge in [-0.1, -0.05) is 43.6 Å². The van der Waals surface area contributed by atoms with Crippen LogP contribution in [-0.2, 0) is 4.79 Å². The van der Waals surface area contributed by atoms with Gasteiger partial charge in [0.05, 0.1) is 0 Å². The molecule has 2 rings (SSSR count). The van der Waals surface area contributed by atoms with Gasteiger partial charge in [0.25, 0.3) is 0 Å². The molecule has 3 heteroatoms. The van der Waals surface area contributed by atoms with E-state index in [9.17, 15) is 4.79 Å². The van der Waals surface area contributed by atoms with Gasteiger partial charge in [0.15, 0.2) is 0 Å². The number of hydrogen-bond donors (Lipinski definition) is 1. The van der Waals surface area contributed by atoms with Crippen LogP contribution in [0.2, 0.25) is 5.02 Å². The molecule has 1 amide bonds. The molecular weight excluding hydrogens is 246 g/mol. The highest BCUT2D eigenvalue weighted by atomic mass is 35.5. The number of hydrogen-bond acceptors (Lipinski definition) is 1. The largest absolute Gasteiger partial charge is 0.353 e. The Morgan fingerprint density at radius 3 is 2.83 bits per heavy atom. The zero-order valence-electron chi connectivity index (χ0n) is 10.9. The predicted molar refractivity (Wildman–Crippen MR) is 74.8 cm³/mol. The number of amides is 1. The first-order valence-electron chi connectivity index (χ1n) is 6.61. The van der Waals surface area contributed by atoms with E-state index < -0.39 is 0 Å². The highest BCUT2D eigenvalue weighted by Gasteiger charge is 2.40. The molecule has 1 fully saturated rings. The standard InChI is InChI=1S/C15H20ClNO/c1-10(2)7-8-15(18)17-14-9-12(14)11-5-3-4-6-13(11)16/h3-6,10,12,14H,7-9H2,1-2H3,(H,17,18)/t12-,14-/m0/s1. The number of benzene rings is 1. The SMILES string of the molecule is CC(C)CCC(=O)N[C@H]1C[C@H]1c1ccccc1Cl. The molecule has 18 heavy (non-hydrogen) atoms. The third kappa shape index (κ3) is 3.49. The number of rotatable bonds is 5. The molecule has 0 bridgehead atoms. The van der Waals surface area contributed by atoms with Gasteiger partial charge in [0.1, 0.15) is 0 Å². The summed E-state index contributed by atoms with van der Waals surface area (Å²) < 4.78 is 0. The average molecular weight is 266 g/mol. The van der Waals surface area contributed by atoms with Crippen molar-refractivity contribution in [3.63, 3.8) is 0 Å². The van der Waals surface area contributed by atoms with Crippen LogP contribution in [0.1, 0.15) is 44.6 Å². The maximum Gasteiger partial charge on any atom is 0.220 e. The molecule has 0 heterocycles. The summed E-state index contributed by atoms with van der Waals surface area (Å²) in [5.74, 6) is 1.15. The second-order valence-corrected chi connectivity index (χ2v) is 5.88. The van der Waals surface area contributed by atoms with Crippen molar-refractivity contribution >= 4 is 17.5 Å². The summed E-state index contributed by atoms with van der Waals surface area (Å²) in [6, 6.07) is 8.17. The second kappa shape index (κ2) is 5.75. The van der Waals surface area contributed by atoms with Crippen molar-refractivity contribution in [2.75, 3.05) is 0 Å². The minimum atomic E-state index is 0.170. The van der Waals surface area contributed by atoms with Crippen LogP contribution in [0.15, 0.2) is 24.3 Å². The topological polar surface area (TPSA) is 29.1 Å². The molecule has 1 N–H and O–H groups in total. The lowest BCUT2D eigenvalue weighted by molar-refractivity contribution is -0.121. The van der Waals surface area contributed by atoms with Crippen LogP contribution < -0.4 is 5.32 Å². The van der Waals surface area contributed by atoms with Crippen molar-refractivity contribution in [2.24, 2.45) is 5.92 Å². The van der Waals surface area contributed by atoms with Crippen molar-refractivity contribution in [2.45, 2.75) is 45.1 Å². The van der Waals surface area contributed by atoms with Crippen LogP contribution in [0.25, 0.3) is 0 Å². The van der Waals surface area contributed by atoms with Gasteiger partial charge in [0.2, 0.25) is 5.91 Å². The molecule has 2 atom stereocenters. The molecule has 1 aliphatic rings. The predicted octanol–water partition coefficient (Wildman–Crippen LogP) is 3.75. The molecule has 1 saturated carbocycles. The highest BCUT2D eigenvalue weighted by molar-refractivity contribution is 6.31. The number of nitrogens with one attached hydrogen (secondary N) is 1. The van der Waals surface area contributed by atoms with E-state index in [-0.39, 0.29) is 11.9 Å². The van der Waals surface area contributed by atoms with Crippen LogP contribution in [0.5, 0.6) is 0 Å². The molecule has 0 aromatic heterocycles. The van der Waals surface area contributed by atoms with E-state index in [0.29, 0.717) is 18.3 Å². The zero-order chi connectivity index (χ0) is 13.1. The lowest BCUT2D eigenvalue weighted by atomic mass is 10.1. The van der Waals surface area contributed by atoms with Gasteiger partial charge in [-0.05, 0) is 30.4 Å². The fourth-order valence-corrected chi connectivity index (χ4v) is 2.45. The van der Waals surface area contributed by atoms with E-state index in [4.69, 9.17) is 11.6 Å². The van der Waals surface area contributed by atoms with Gasteiger partial charge >= 0.3 is 0 Å². The number of halogens is 1. The second-order valence-electron chi connectivity index (χ2n) is 5.47. The summed E-state index contributed by atoms with van der Waals surface area (Å²) in [4.78, 5) is 11.7. The number of carbonyl (C=O) groups is 1. The lowest BCUT2D eigenvalue weighted by Crippen LogP contribution is -2.26. The summed E-state index contributed by atoms with van der Waals surface area (Å²) in [5, 5.41) is 3.89. The molecule has 1 aromatic carbocycles. The van der Waals surface area contributed by atoms with E-state index in [1.807, 2.05) is 24.3 Å². The van der Waals surface area contributed by atoms with E-state index in [1.165, 1.54) is 0 Å². The summed E-state index contributed by atoms with van der Waals surface area (Å²) in [5.41, 5.74) is 1.16. The Kier molecular flexibility index (Phi) is 4.28. The van der Waals surface area contributed by atoms with Gasteiger partial charge in [-0.15, -0.1) is 0 Å². The molecule has 2 nitrogen and oxygen atoms in total. The average Bonchev–Trinajstić information content (AvgIpc) is 3.06. The van der Waals surface area contributed by atoms with Crippen molar-refractivity contribution in [3.8, 4) is 0 Å². The monoisotopic (exact) mass is 265 g/mol. The van der Waals surface area contributed by atoms with Crippen molar-refractivity contribution < 1.29 is 4.79 Å². The maximum atomic E-state index is 11.7.